The maximum Gasteiger partial charge on any atom is 0.136 e. The van der Waals surface area contributed by atoms with Gasteiger partial charge in [0.1, 0.15) is 16.9 Å². The molecule has 0 unspecified atom stereocenters. The topological polar surface area (TPSA) is 59.2 Å². The number of benzene rings is 6. The quantitative estimate of drug-likeness (QED) is 0.206. The monoisotopic (exact) mass is 630 g/mol. The highest BCUT2D eigenvalue weighted by Gasteiger charge is 2.15. The van der Waals surface area contributed by atoms with Gasteiger partial charge < -0.3 is 9.52 Å². The molecular formula is C45H30N2O2. The number of hydrogen-bond acceptors (Lipinski definition) is 4. The van der Waals surface area contributed by atoms with Gasteiger partial charge in [0.2, 0.25) is 0 Å². The Balaban J connectivity index is 1.13. The van der Waals surface area contributed by atoms with Gasteiger partial charge in [-0.15, -0.1) is 0 Å². The Morgan fingerprint density at radius 1 is 0.449 bits per heavy atom. The maximum absolute atomic E-state index is 10.7. The van der Waals surface area contributed by atoms with Crippen LogP contribution in [0, 0.1) is 6.92 Å². The molecule has 49 heavy (non-hydrogen) atoms. The van der Waals surface area contributed by atoms with Crippen LogP contribution in [0.5, 0.6) is 5.75 Å². The molecule has 3 aromatic heterocycles. The summed E-state index contributed by atoms with van der Waals surface area (Å²) in [5.74, 6) is 0.200. The van der Waals surface area contributed by atoms with Crippen LogP contribution in [0.2, 0.25) is 0 Å². The standard InChI is InChI=1S/C45H30N2O2/c1-28-22-34(31-18-20-38-44(27-31)49-43-21-19-30-12-5-6-15-36(30)45(38)43)24-39(46-28)32-13-9-14-33(23-32)40-25-35(29-10-3-2-4-11-29)26-41(47-40)37-16-7-8-17-42(37)48/h2-27,48H,1H3. The predicted octanol–water partition coefficient (Wildman–Crippen LogP) is 11.9. The van der Waals surface area contributed by atoms with Crippen LogP contribution in [-0.4, -0.2) is 15.1 Å². The lowest BCUT2D eigenvalue weighted by Gasteiger charge is -2.12. The number of aromatic hydroxyl groups is 1. The number of phenols is 1. The molecule has 6 aromatic carbocycles. The number of aromatic nitrogens is 2. The summed E-state index contributed by atoms with van der Waals surface area (Å²) in [6, 6.07) is 53.5. The number of nitrogens with zero attached hydrogens (tertiary/aromatic N) is 2. The van der Waals surface area contributed by atoms with E-state index in [0.29, 0.717) is 11.3 Å². The van der Waals surface area contributed by atoms with E-state index in [1.54, 1.807) is 6.07 Å². The zero-order valence-electron chi connectivity index (χ0n) is 26.8. The predicted molar refractivity (Wildman–Crippen MR) is 200 cm³/mol. The molecule has 0 aliphatic heterocycles. The summed E-state index contributed by atoms with van der Waals surface area (Å²) in [6.07, 6.45) is 0. The minimum Gasteiger partial charge on any atom is -0.507 e. The first kappa shape index (κ1) is 28.7. The first-order valence-corrected chi connectivity index (χ1v) is 16.4. The van der Waals surface area contributed by atoms with Gasteiger partial charge in [0.25, 0.3) is 0 Å². The van der Waals surface area contributed by atoms with Crippen LogP contribution in [0.15, 0.2) is 162 Å². The van der Waals surface area contributed by atoms with Crippen molar-refractivity contribution >= 4 is 32.7 Å². The Kier molecular flexibility index (Phi) is 6.80. The highest BCUT2D eigenvalue weighted by Crippen LogP contribution is 2.38. The number of fused-ring (bicyclic) bond motifs is 5. The Hall–Kier alpha value is -6.52. The van der Waals surface area contributed by atoms with E-state index in [4.69, 9.17) is 14.4 Å². The van der Waals surface area contributed by atoms with Crippen LogP contribution >= 0.6 is 0 Å². The minimum absolute atomic E-state index is 0.200. The van der Waals surface area contributed by atoms with Crippen molar-refractivity contribution in [2.75, 3.05) is 0 Å². The van der Waals surface area contributed by atoms with Gasteiger partial charge in [-0.05, 0) is 101 Å². The molecule has 0 aliphatic rings. The number of furan rings is 1. The molecule has 0 radical (unpaired) electrons. The Morgan fingerprint density at radius 3 is 1.98 bits per heavy atom. The fourth-order valence-corrected chi connectivity index (χ4v) is 6.85. The van der Waals surface area contributed by atoms with Crippen LogP contribution in [0.4, 0.5) is 0 Å². The summed E-state index contributed by atoms with van der Waals surface area (Å²) in [5.41, 5.74) is 12.0. The molecule has 0 amide bonds. The van der Waals surface area contributed by atoms with Gasteiger partial charge in [-0.1, -0.05) is 97.1 Å². The second kappa shape index (κ2) is 11.6. The van der Waals surface area contributed by atoms with Crippen molar-refractivity contribution < 1.29 is 9.52 Å². The van der Waals surface area contributed by atoms with Gasteiger partial charge in [0.15, 0.2) is 0 Å². The molecule has 232 valence electrons. The lowest BCUT2D eigenvalue weighted by Crippen LogP contribution is -1.93. The summed E-state index contributed by atoms with van der Waals surface area (Å²) in [7, 11) is 0. The van der Waals surface area contributed by atoms with Gasteiger partial charge in [0, 0.05) is 33.2 Å². The molecule has 9 aromatic rings. The smallest absolute Gasteiger partial charge is 0.136 e. The zero-order valence-corrected chi connectivity index (χ0v) is 26.8. The van der Waals surface area contributed by atoms with E-state index in [1.165, 1.54) is 10.8 Å². The van der Waals surface area contributed by atoms with Crippen molar-refractivity contribution in [3.8, 4) is 61.8 Å². The summed E-state index contributed by atoms with van der Waals surface area (Å²) in [5, 5.41) is 15.4. The Labute approximate surface area is 283 Å². The number of phenolic OH excluding ortho intramolecular Hbond substituents is 1. The molecule has 4 heteroatoms. The van der Waals surface area contributed by atoms with Crippen LogP contribution in [0.25, 0.3) is 88.7 Å². The van der Waals surface area contributed by atoms with Gasteiger partial charge in [-0.25, -0.2) is 4.98 Å². The zero-order chi connectivity index (χ0) is 32.9. The number of aryl methyl sites for hydroxylation is 1. The average molecular weight is 631 g/mol. The molecule has 4 nitrogen and oxygen atoms in total. The average Bonchev–Trinajstić information content (AvgIpc) is 3.54. The summed E-state index contributed by atoms with van der Waals surface area (Å²) in [4.78, 5) is 10.0. The molecule has 0 bridgehead atoms. The van der Waals surface area contributed by atoms with Crippen molar-refractivity contribution in [2.24, 2.45) is 0 Å². The van der Waals surface area contributed by atoms with Crippen molar-refractivity contribution in [2.45, 2.75) is 6.92 Å². The summed E-state index contributed by atoms with van der Waals surface area (Å²) in [6.45, 7) is 2.03. The van der Waals surface area contributed by atoms with Crippen molar-refractivity contribution in [3.63, 3.8) is 0 Å². The maximum atomic E-state index is 10.7. The molecular weight excluding hydrogens is 601 g/mol. The summed E-state index contributed by atoms with van der Waals surface area (Å²) >= 11 is 0. The SMILES string of the molecule is Cc1cc(-c2ccc3c(c2)oc2ccc4ccccc4c23)cc(-c2cccc(-c3cc(-c4ccccc4)cc(-c4ccccc4O)n3)c2)n1. The molecule has 0 saturated carbocycles. The van der Waals surface area contributed by atoms with E-state index >= 15 is 0 Å². The van der Waals surface area contributed by atoms with Gasteiger partial charge in [0.05, 0.1) is 17.1 Å². The molecule has 0 aliphatic carbocycles. The first-order valence-electron chi connectivity index (χ1n) is 16.4. The van der Waals surface area contributed by atoms with Gasteiger partial charge in [-0.2, -0.15) is 0 Å². The van der Waals surface area contributed by atoms with Crippen LogP contribution < -0.4 is 0 Å². The first-order chi connectivity index (χ1) is 24.1. The van der Waals surface area contributed by atoms with E-state index in [2.05, 4.69) is 109 Å². The van der Waals surface area contributed by atoms with Crippen molar-refractivity contribution in [1.29, 1.82) is 0 Å². The fourth-order valence-electron chi connectivity index (χ4n) is 6.85. The van der Waals surface area contributed by atoms with Gasteiger partial charge in [-0.3, -0.25) is 4.98 Å². The Morgan fingerprint density at radius 2 is 1.14 bits per heavy atom. The van der Waals surface area contributed by atoms with Crippen LogP contribution in [0.1, 0.15) is 5.69 Å². The molecule has 0 fully saturated rings. The third-order valence-corrected chi connectivity index (χ3v) is 9.21. The van der Waals surface area contributed by atoms with E-state index in [0.717, 1.165) is 72.4 Å². The molecule has 1 N–H and O–H groups in total. The second-order valence-electron chi connectivity index (χ2n) is 12.4. The fraction of sp³-hybridized carbons (Fsp3) is 0.0222. The highest BCUT2D eigenvalue weighted by atomic mass is 16.3. The van der Waals surface area contributed by atoms with Crippen molar-refractivity contribution in [1.82, 2.24) is 9.97 Å². The number of para-hydroxylation sites is 1. The minimum atomic E-state index is 0.200. The van der Waals surface area contributed by atoms with Crippen LogP contribution in [-0.2, 0) is 0 Å². The highest BCUT2D eigenvalue weighted by molar-refractivity contribution is 6.19. The lowest BCUT2D eigenvalue weighted by molar-refractivity contribution is 0.477. The molecule has 0 atom stereocenters. The molecule has 0 saturated heterocycles. The molecule has 0 spiro atoms. The molecule has 3 heterocycles. The largest absolute Gasteiger partial charge is 0.507 e. The normalized spacial score (nSPS) is 11.4. The van der Waals surface area contributed by atoms with E-state index in [9.17, 15) is 5.11 Å². The summed E-state index contributed by atoms with van der Waals surface area (Å²) < 4.78 is 6.38. The molecule has 9 rings (SSSR count). The van der Waals surface area contributed by atoms with Crippen LogP contribution in [0.3, 0.4) is 0 Å². The van der Waals surface area contributed by atoms with E-state index < -0.39 is 0 Å². The number of rotatable bonds is 5. The van der Waals surface area contributed by atoms with E-state index in [1.807, 2.05) is 49.4 Å². The number of pyridine rings is 2. The lowest BCUT2D eigenvalue weighted by atomic mass is 9.97. The van der Waals surface area contributed by atoms with Gasteiger partial charge >= 0.3 is 0 Å². The third kappa shape index (κ3) is 5.20. The Bertz CT molecular complexity index is 2690. The van der Waals surface area contributed by atoms with Crippen molar-refractivity contribution in [3.05, 3.63) is 163 Å². The van der Waals surface area contributed by atoms with E-state index in [-0.39, 0.29) is 5.75 Å². The second-order valence-corrected chi connectivity index (χ2v) is 12.4. The third-order valence-electron chi connectivity index (χ3n) is 9.21. The number of hydrogen-bond donors (Lipinski definition) is 1.